The maximum absolute atomic E-state index is 2.44. The molecule has 10 rings (SSSR count). The van der Waals surface area contributed by atoms with Crippen LogP contribution in [0.4, 0.5) is 0 Å². The smallest absolute Gasteiger partial charge is 0.0171 e. The second-order valence-corrected chi connectivity index (χ2v) is 15.3. The van der Waals surface area contributed by atoms with Crippen molar-refractivity contribution < 1.29 is 0 Å². The maximum atomic E-state index is 2.44. The van der Waals surface area contributed by atoms with E-state index in [0.29, 0.717) is 0 Å². The molecule has 53 heavy (non-hydrogen) atoms. The van der Waals surface area contributed by atoms with Crippen molar-refractivity contribution in [3.05, 3.63) is 192 Å². The minimum atomic E-state index is -0.149. The van der Waals surface area contributed by atoms with Crippen LogP contribution in [0.15, 0.2) is 170 Å². The standard InChI is InChI=1S/C53H40/c1-33-16-5-7-20-38(33)39-26-14-27-40(34(39)2)50-45-24-11-9-22-43(45)49(44-23-10-12-25-46(44)50)37-19-13-18-36(32-37)42-28-15-29-47-48-31-30-35-17-6-8-21-41(35)51(48)53(3,4)52(42)47/h5-32H,1-4H3. The van der Waals surface area contributed by atoms with Crippen molar-refractivity contribution in [3.63, 3.8) is 0 Å². The summed E-state index contributed by atoms with van der Waals surface area (Å²) in [6, 6.07) is 63.2. The van der Waals surface area contributed by atoms with E-state index >= 15 is 0 Å². The SMILES string of the molecule is Cc1ccccc1-c1cccc(-c2c3ccccc3c(-c3cccc(-c4cccc5c4C(C)(C)c4c-5ccc5ccccc45)c3)c3ccccc23)c1C. The van der Waals surface area contributed by atoms with Gasteiger partial charge in [0.1, 0.15) is 0 Å². The highest BCUT2D eigenvalue weighted by molar-refractivity contribution is 6.22. The number of fused-ring (bicyclic) bond motifs is 7. The normalized spacial score (nSPS) is 13.1. The van der Waals surface area contributed by atoms with Gasteiger partial charge in [-0.15, -0.1) is 0 Å². The van der Waals surface area contributed by atoms with Crippen molar-refractivity contribution >= 4 is 32.3 Å². The lowest BCUT2D eigenvalue weighted by molar-refractivity contribution is 0.668. The predicted octanol–water partition coefficient (Wildman–Crippen LogP) is 14.7. The molecule has 0 saturated heterocycles. The molecule has 9 aromatic rings. The van der Waals surface area contributed by atoms with Crippen LogP contribution in [0.2, 0.25) is 0 Å². The molecule has 1 aliphatic rings. The van der Waals surface area contributed by atoms with Crippen molar-refractivity contribution in [2.45, 2.75) is 33.1 Å². The Morgan fingerprint density at radius 2 is 0.849 bits per heavy atom. The summed E-state index contributed by atoms with van der Waals surface area (Å²) < 4.78 is 0. The van der Waals surface area contributed by atoms with Crippen LogP contribution in [0.5, 0.6) is 0 Å². The molecule has 0 amide bonds. The van der Waals surface area contributed by atoms with Crippen molar-refractivity contribution in [1.82, 2.24) is 0 Å². The predicted molar refractivity (Wildman–Crippen MR) is 228 cm³/mol. The van der Waals surface area contributed by atoms with E-state index in [9.17, 15) is 0 Å². The molecule has 0 aromatic heterocycles. The number of hydrogen-bond donors (Lipinski definition) is 0. The molecular weight excluding hydrogens is 637 g/mol. The molecule has 1 aliphatic carbocycles. The van der Waals surface area contributed by atoms with E-state index in [1.54, 1.807) is 0 Å². The first-order chi connectivity index (χ1) is 25.9. The molecule has 0 heterocycles. The zero-order chi connectivity index (χ0) is 35.8. The highest BCUT2D eigenvalue weighted by Gasteiger charge is 2.38. The summed E-state index contributed by atoms with van der Waals surface area (Å²) in [5, 5.41) is 7.76. The third-order valence-corrected chi connectivity index (χ3v) is 12.0. The van der Waals surface area contributed by atoms with E-state index in [2.05, 4.69) is 198 Å². The van der Waals surface area contributed by atoms with Crippen LogP contribution in [-0.2, 0) is 5.41 Å². The number of hydrogen-bond acceptors (Lipinski definition) is 0. The van der Waals surface area contributed by atoms with Crippen LogP contribution in [0.3, 0.4) is 0 Å². The van der Waals surface area contributed by atoms with Crippen LogP contribution >= 0.6 is 0 Å². The number of benzene rings is 9. The van der Waals surface area contributed by atoms with E-state index in [0.717, 1.165) is 0 Å². The monoisotopic (exact) mass is 676 g/mol. The van der Waals surface area contributed by atoms with Crippen LogP contribution in [0, 0.1) is 13.8 Å². The molecule has 0 unspecified atom stereocenters. The van der Waals surface area contributed by atoms with Gasteiger partial charge in [-0.1, -0.05) is 178 Å². The molecule has 0 aliphatic heterocycles. The Labute approximate surface area is 312 Å². The van der Waals surface area contributed by atoms with Crippen molar-refractivity contribution in [2.75, 3.05) is 0 Å². The van der Waals surface area contributed by atoms with Gasteiger partial charge in [-0.2, -0.15) is 0 Å². The Hall–Kier alpha value is -6.24. The van der Waals surface area contributed by atoms with E-state index < -0.39 is 0 Å². The van der Waals surface area contributed by atoms with Gasteiger partial charge in [0.15, 0.2) is 0 Å². The van der Waals surface area contributed by atoms with E-state index in [1.165, 1.54) is 110 Å². The quantitative estimate of drug-likeness (QED) is 0.163. The van der Waals surface area contributed by atoms with Crippen LogP contribution in [0.1, 0.15) is 36.1 Å². The Balaban J connectivity index is 1.19. The van der Waals surface area contributed by atoms with E-state index in [1.807, 2.05) is 0 Å². The van der Waals surface area contributed by atoms with Gasteiger partial charge < -0.3 is 0 Å². The molecular formula is C53H40. The minimum absolute atomic E-state index is 0.149. The molecule has 0 heteroatoms. The summed E-state index contributed by atoms with van der Waals surface area (Å²) in [5.74, 6) is 0. The van der Waals surface area contributed by atoms with Gasteiger partial charge in [0.2, 0.25) is 0 Å². The summed E-state index contributed by atoms with van der Waals surface area (Å²) in [5.41, 5.74) is 18.3. The lowest BCUT2D eigenvalue weighted by atomic mass is 9.77. The molecule has 252 valence electrons. The molecule has 0 spiro atoms. The van der Waals surface area contributed by atoms with Crippen LogP contribution in [0.25, 0.3) is 88.0 Å². The number of rotatable bonds is 4. The third kappa shape index (κ3) is 4.69. The van der Waals surface area contributed by atoms with Gasteiger partial charge in [-0.05, 0) is 130 Å². The molecule has 0 bridgehead atoms. The van der Waals surface area contributed by atoms with Crippen LogP contribution < -0.4 is 0 Å². The molecule has 0 fully saturated rings. The Bertz CT molecular complexity index is 2880. The van der Waals surface area contributed by atoms with Crippen LogP contribution in [-0.4, -0.2) is 0 Å². The lowest BCUT2D eigenvalue weighted by Crippen LogP contribution is -2.16. The zero-order valence-corrected chi connectivity index (χ0v) is 30.7. The summed E-state index contributed by atoms with van der Waals surface area (Å²) in [4.78, 5) is 0. The van der Waals surface area contributed by atoms with Gasteiger partial charge in [0, 0.05) is 5.41 Å². The second-order valence-electron chi connectivity index (χ2n) is 15.3. The summed E-state index contributed by atoms with van der Waals surface area (Å²) in [6.07, 6.45) is 0. The van der Waals surface area contributed by atoms with Gasteiger partial charge >= 0.3 is 0 Å². The van der Waals surface area contributed by atoms with Gasteiger partial charge in [-0.25, -0.2) is 0 Å². The summed E-state index contributed by atoms with van der Waals surface area (Å²) in [6.45, 7) is 9.32. The van der Waals surface area contributed by atoms with Crippen molar-refractivity contribution in [1.29, 1.82) is 0 Å². The topological polar surface area (TPSA) is 0 Å². The fourth-order valence-electron chi connectivity index (χ4n) is 9.63. The molecule has 0 radical (unpaired) electrons. The average molecular weight is 677 g/mol. The highest BCUT2D eigenvalue weighted by atomic mass is 14.4. The maximum Gasteiger partial charge on any atom is 0.0171 e. The lowest BCUT2D eigenvalue weighted by Gasteiger charge is -2.26. The summed E-state index contributed by atoms with van der Waals surface area (Å²) >= 11 is 0. The van der Waals surface area contributed by atoms with Gasteiger partial charge in [0.05, 0.1) is 0 Å². The van der Waals surface area contributed by atoms with Gasteiger partial charge in [0.25, 0.3) is 0 Å². The molecule has 0 N–H and O–H groups in total. The van der Waals surface area contributed by atoms with Crippen molar-refractivity contribution in [3.8, 4) is 55.6 Å². The minimum Gasteiger partial charge on any atom is -0.0620 e. The van der Waals surface area contributed by atoms with Crippen molar-refractivity contribution in [2.24, 2.45) is 0 Å². The fourth-order valence-corrected chi connectivity index (χ4v) is 9.63. The largest absolute Gasteiger partial charge is 0.0620 e. The zero-order valence-electron chi connectivity index (χ0n) is 30.7. The third-order valence-electron chi connectivity index (χ3n) is 12.0. The Morgan fingerprint density at radius 3 is 1.57 bits per heavy atom. The first kappa shape index (κ1) is 31.5. The Morgan fingerprint density at radius 1 is 0.340 bits per heavy atom. The Kier molecular flexibility index (Phi) is 7.07. The van der Waals surface area contributed by atoms with Gasteiger partial charge in [-0.3, -0.25) is 0 Å². The molecule has 0 atom stereocenters. The average Bonchev–Trinajstić information content (AvgIpc) is 3.44. The fraction of sp³-hybridized carbons (Fsp3) is 0.0943. The number of aryl methyl sites for hydroxylation is 1. The molecule has 9 aromatic carbocycles. The highest BCUT2D eigenvalue weighted by Crippen LogP contribution is 2.55. The van der Waals surface area contributed by atoms with E-state index in [4.69, 9.17) is 0 Å². The first-order valence-electron chi connectivity index (χ1n) is 18.8. The first-order valence-corrected chi connectivity index (χ1v) is 18.8. The molecule has 0 nitrogen and oxygen atoms in total. The summed E-state index contributed by atoms with van der Waals surface area (Å²) in [7, 11) is 0. The second kappa shape index (κ2) is 11.9. The van der Waals surface area contributed by atoms with E-state index in [-0.39, 0.29) is 5.41 Å². The molecule has 0 saturated carbocycles.